The first kappa shape index (κ1) is 25.0. The van der Waals surface area contributed by atoms with Crippen LogP contribution >= 0.6 is 0 Å². The van der Waals surface area contributed by atoms with Gasteiger partial charge >= 0.3 is 0 Å². The summed E-state index contributed by atoms with van der Waals surface area (Å²) in [6, 6.07) is 8.14. The maximum absolute atomic E-state index is 12.9. The largest absolute Gasteiger partial charge is 0.495 e. The van der Waals surface area contributed by atoms with Crippen LogP contribution in [-0.4, -0.2) is 66.9 Å². The molecule has 0 unspecified atom stereocenters. The highest BCUT2D eigenvalue weighted by molar-refractivity contribution is 7.89. The zero-order chi connectivity index (χ0) is 23.9. The summed E-state index contributed by atoms with van der Waals surface area (Å²) in [7, 11) is 3.17. The van der Waals surface area contributed by atoms with E-state index in [1.165, 1.54) is 47.8 Å². The quantitative estimate of drug-likeness (QED) is 0.420. The van der Waals surface area contributed by atoms with Gasteiger partial charge in [-0.05, 0) is 36.8 Å². The number of amides is 1. The van der Waals surface area contributed by atoms with Gasteiger partial charge in [0.15, 0.2) is 11.5 Å². The zero-order valence-corrected chi connectivity index (χ0v) is 19.6. The van der Waals surface area contributed by atoms with Crippen LogP contribution in [0.15, 0.2) is 40.3 Å². The Morgan fingerprint density at radius 3 is 2.22 bits per heavy atom. The van der Waals surface area contributed by atoms with Gasteiger partial charge in [0.1, 0.15) is 10.6 Å². The van der Waals surface area contributed by atoms with E-state index in [4.69, 9.17) is 18.9 Å². The first-order valence-electron chi connectivity index (χ1n) is 9.41. The summed E-state index contributed by atoms with van der Waals surface area (Å²) in [6.45, 7) is 1.32. The predicted molar refractivity (Wildman–Crippen MR) is 119 cm³/mol. The summed E-state index contributed by atoms with van der Waals surface area (Å²) in [5, 5.41) is 3.89. The molecule has 0 saturated heterocycles. The van der Waals surface area contributed by atoms with Crippen molar-refractivity contribution in [1.82, 2.24) is 9.73 Å². The molecule has 0 fully saturated rings. The van der Waals surface area contributed by atoms with Gasteiger partial charge in [-0.3, -0.25) is 4.79 Å². The lowest BCUT2D eigenvalue weighted by Gasteiger charge is -2.18. The van der Waals surface area contributed by atoms with Gasteiger partial charge in [0.05, 0.1) is 41.2 Å². The highest BCUT2D eigenvalue weighted by atomic mass is 32.2. The Bertz CT molecular complexity index is 1100. The summed E-state index contributed by atoms with van der Waals surface area (Å²) in [6.07, 6.45) is 1.36. The molecule has 0 saturated carbocycles. The number of aryl methyl sites for hydroxylation is 1. The lowest BCUT2D eigenvalue weighted by molar-refractivity contribution is -0.121. The van der Waals surface area contributed by atoms with Crippen LogP contribution in [-0.2, 0) is 14.8 Å². The number of sulfonamides is 1. The number of hydrogen-bond donors (Lipinski definition) is 1. The van der Waals surface area contributed by atoms with Gasteiger partial charge in [-0.25, -0.2) is 13.8 Å². The van der Waals surface area contributed by atoms with Crippen LogP contribution in [0.4, 0.5) is 0 Å². The second kappa shape index (κ2) is 10.8. The molecular formula is C21H27N3O7S. The van der Waals surface area contributed by atoms with Crippen molar-refractivity contribution in [3.63, 3.8) is 0 Å². The Balaban J connectivity index is 2.13. The SMILES string of the molecule is COc1ccc(C)cc1S(=O)(=O)N(C)CC(=O)N/N=C\c1ccc(OC)c(OC)c1OC. The van der Waals surface area contributed by atoms with Gasteiger partial charge in [0.25, 0.3) is 5.91 Å². The van der Waals surface area contributed by atoms with Crippen LogP contribution in [0.3, 0.4) is 0 Å². The molecule has 32 heavy (non-hydrogen) atoms. The average Bonchev–Trinajstić information content (AvgIpc) is 2.78. The van der Waals surface area contributed by atoms with Crippen molar-refractivity contribution in [3.05, 3.63) is 41.5 Å². The summed E-state index contributed by atoms with van der Waals surface area (Å²) in [4.78, 5) is 12.3. The van der Waals surface area contributed by atoms with E-state index in [-0.39, 0.29) is 10.6 Å². The van der Waals surface area contributed by atoms with Crippen LogP contribution in [0.25, 0.3) is 0 Å². The molecule has 0 aliphatic rings. The lowest BCUT2D eigenvalue weighted by Crippen LogP contribution is -2.36. The van der Waals surface area contributed by atoms with Gasteiger partial charge in [0.2, 0.25) is 15.8 Å². The Hall–Kier alpha value is -3.31. The van der Waals surface area contributed by atoms with Crippen molar-refractivity contribution < 1.29 is 32.2 Å². The minimum absolute atomic E-state index is 0.0196. The highest BCUT2D eigenvalue weighted by Crippen LogP contribution is 2.39. The lowest BCUT2D eigenvalue weighted by atomic mass is 10.2. The Kier molecular flexibility index (Phi) is 8.44. The molecule has 0 aromatic heterocycles. The van der Waals surface area contributed by atoms with Crippen molar-refractivity contribution in [3.8, 4) is 23.0 Å². The fourth-order valence-electron chi connectivity index (χ4n) is 2.88. The third-order valence-electron chi connectivity index (χ3n) is 4.50. The summed E-state index contributed by atoms with van der Waals surface area (Å²) in [5.41, 5.74) is 3.58. The summed E-state index contributed by atoms with van der Waals surface area (Å²) in [5.74, 6) is 0.794. The number of hydrazone groups is 1. The molecule has 0 spiro atoms. The molecule has 0 atom stereocenters. The number of ether oxygens (including phenoxy) is 4. The molecular weight excluding hydrogens is 438 g/mol. The fraction of sp³-hybridized carbons (Fsp3) is 0.333. The molecule has 2 rings (SSSR count). The van der Waals surface area contributed by atoms with E-state index in [2.05, 4.69) is 10.5 Å². The molecule has 174 valence electrons. The van der Waals surface area contributed by atoms with Crippen LogP contribution in [0.2, 0.25) is 0 Å². The van der Waals surface area contributed by atoms with Crippen molar-refractivity contribution in [2.75, 3.05) is 42.0 Å². The molecule has 0 bridgehead atoms. The molecule has 0 heterocycles. The number of hydrogen-bond acceptors (Lipinski definition) is 8. The summed E-state index contributed by atoms with van der Waals surface area (Å²) < 4.78 is 47.7. The first-order chi connectivity index (χ1) is 15.2. The smallest absolute Gasteiger partial charge is 0.255 e. The van der Waals surface area contributed by atoms with Crippen molar-refractivity contribution in [1.29, 1.82) is 0 Å². The van der Waals surface area contributed by atoms with Gasteiger partial charge in [-0.2, -0.15) is 9.41 Å². The van der Waals surface area contributed by atoms with Crippen molar-refractivity contribution >= 4 is 22.1 Å². The fourth-order valence-corrected chi connectivity index (χ4v) is 4.24. The maximum atomic E-state index is 12.9. The van der Waals surface area contributed by atoms with Crippen LogP contribution in [0.1, 0.15) is 11.1 Å². The predicted octanol–water partition coefficient (Wildman–Crippen LogP) is 1.80. The minimum Gasteiger partial charge on any atom is -0.495 e. The van der Waals surface area contributed by atoms with E-state index >= 15 is 0 Å². The number of carbonyl (C=O) groups is 1. The standard InChI is InChI=1S/C21H27N3O7S/c1-14-7-9-16(28-3)18(11-14)32(26,27)24(2)13-19(25)23-22-12-15-8-10-17(29-4)21(31-6)20(15)30-5/h7-12H,13H2,1-6H3,(H,23,25)/b22-12-. The normalized spacial score (nSPS) is 11.5. The second-order valence-corrected chi connectivity index (χ2v) is 8.65. The maximum Gasteiger partial charge on any atom is 0.255 e. The van der Waals surface area contributed by atoms with E-state index < -0.39 is 22.5 Å². The third kappa shape index (κ3) is 5.48. The third-order valence-corrected chi connectivity index (χ3v) is 6.33. The van der Waals surface area contributed by atoms with E-state index in [1.54, 1.807) is 31.2 Å². The number of nitrogens with zero attached hydrogens (tertiary/aromatic N) is 2. The molecule has 2 aromatic carbocycles. The zero-order valence-electron chi connectivity index (χ0n) is 18.8. The van der Waals surface area contributed by atoms with E-state index in [0.717, 1.165) is 9.87 Å². The Morgan fingerprint density at radius 2 is 1.62 bits per heavy atom. The minimum atomic E-state index is -3.96. The molecule has 0 radical (unpaired) electrons. The molecule has 0 aliphatic heterocycles. The number of methoxy groups -OCH3 is 4. The molecule has 10 nitrogen and oxygen atoms in total. The Labute approximate surface area is 187 Å². The van der Waals surface area contributed by atoms with E-state index in [1.807, 2.05) is 0 Å². The van der Waals surface area contributed by atoms with E-state index in [0.29, 0.717) is 22.8 Å². The molecule has 11 heteroatoms. The van der Waals surface area contributed by atoms with Crippen molar-refractivity contribution in [2.24, 2.45) is 5.10 Å². The van der Waals surface area contributed by atoms with Crippen molar-refractivity contribution in [2.45, 2.75) is 11.8 Å². The first-order valence-corrected chi connectivity index (χ1v) is 10.8. The monoisotopic (exact) mass is 465 g/mol. The van der Waals surface area contributed by atoms with Gasteiger partial charge in [-0.15, -0.1) is 0 Å². The van der Waals surface area contributed by atoms with Crippen LogP contribution < -0.4 is 24.4 Å². The van der Waals surface area contributed by atoms with Gasteiger partial charge < -0.3 is 18.9 Å². The van der Waals surface area contributed by atoms with Crippen LogP contribution in [0, 0.1) is 6.92 Å². The number of rotatable bonds is 10. The van der Waals surface area contributed by atoms with Gasteiger partial charge in [0, 0.05) is 12.6 Å². The highest BCUT2D eigenvalue weighted by Gasteiger charge is 2.26. The van der Waals surface area contributed by atoms with Gasteiger partial charge in [-0.1, -0.05) is 6.07 Å². The second-order valence-electron chi connectivity index (χ2n) is 6.63. The molecule has 1 amide bonds. The number of carbonyl (C=O) groups excluding carboxylic acids is 1. The van der Waals surface area contributed by atoms with Crippen LogP contribution in [0.5, 0.6) is 23.0 Å². The molecule has 1 N–H and O–H groups in total. The number of benzene rings is 2. The molecule has 2 aromatic rings. The topological polar surface area (TPSA) is 116 Å². The number of nitrogens with one attached hydrogen (secondary N) is 1. The van der Waals surface area contributed by atoms with E-state index in [9.17, 15) is 13.2 Å². The Morgan fingerprint density at radius 1 is 1.00 bits per heavy atom. The summed E-state index contributed by atoms with van der Waals surface area (Å²) >= 11 is 0. The molecule has 0 aliphatic carbocycles. The average molecular weight is 466 g/mol. The number of likely N-dealkylation sites (N-methyl/N-ethyl adjacent to an activating group) is 1.